The summed E-state index contributed by atoms with van der Waals surface area (Å²) in [4.78, 5) is 17.4. The van der Waals surface area contributed by atoms with E-state index in [-0.39, 0.29) is 0 Å². The highest BCUT2D eigenvalue weighted by molar-refractivity contribution is 7.98. The first-order valence-corrected chi connectivity index (χ1v) is 11.0. The Kier molecular flexibility index (Phi) is 6.20. The molecule has 0 fully saturated rings. The second-order valence-electron chi connectivity index (χ2n) is 6.86. The minimum atomic E-state index is -0.429. The van der Waals surface area contributed by atoms with Crippen LogP contribution in [0.5, 0.6) is 0 Å². The Balaban J connectivity index is 1.59. The fraction of sp³-hybridized carbons (Fsp3) is 0.182. The number of hydrogen-bond acceptors (Lipinski definition) is 5. The molecule has 0 radical (unpaired) electrons. The summed E-state index contributed by atoms with van der Waals surface area (Å²) in [5.74, 6) is 0.125. The lowest BCUT2D eigenvalue weighted by atomic mass is 10.1. The molecule has 0 bridgehead atoms. The second-order valence-corrected chi connectivity index (χ2v) is 8.21. The van der Waals surface area contributed by atoms with E-state index in [1.165, 1.54) is 23.9 Å². The molecular formula is C22H19ClFN5OS. The lowest BCUT2D eigenvalue weighted by molar-refractivity contribution is 0.102. The van der Waals surface area contributed by atoms with Crippen molar-refractivity contribution < 1.29 is 9.18 Å². The quantitative estimate of drug-likeness (QED) is 0.389. The normalized spacial score (nSPS) is 11.1. The number of nitrogens with one attached hydrogen (secondary N) is 1. The monoisotopic (exact) mass is 455 g/mol. The maximum atomic E-state index is 13.8. The Morgan fingerprint density at radius 1 is 1.19 bits per heavy atom. The Hall–Kier alpha value is -2.97. The van der Waals surface area contributed by atoms with Crippen LogP contribution in [0.15, 0.2) is 53.7 Å². The first kappa shape index (κ1) is 21.3. The van der Waals surface area contributed by atoms with Crippen LogP contribution in [0.4, 0.5) is 10.3 Å². The molecule has 0 saturated heterocycles. The van der Waals surface area contributed by atoms with Gasteiger partial charge in [0.15, 0.2) is 5.16 Å². The third-order valence-corrected chi connectivity index (χ3v) is 6.10. The molecule has 2 aromatic carbocycles. The average Bonchev–Trinajstić information content (AvgIpc) is 3.14. The Bertz CT molecular complexity index is 1280. The summed E-state index contributed by atoms with van der Waals surface area (Å²) >= 11 is 7.72. The zero-order chi connectivity index (χ0) is 22.0. The van der Waals surface area contributed by atoms with Crippen molar-refractivity contribution in [3.8, 4) is 0 Å². The summed E-state index contributed by atoms with van der Waals surface area (Å²) in [7, 11) is 0. The number of carbonyl (C=O) groups is 1. The summed E-state index contributed by atoms with van der Waals surface area (Å²) in [6, 6.07) is 13.5. The highest BCUT2D eigenvalue weighted by Crippen LogP contribution is 2.27. The molecule has 1 amide bonds. The summed E-state index contributed by atoms with van der Waals surface area (Å²) in [5.41, 5.74) is 2.54. The van der Waals surface area contributed by atoms with E-state index in [0.29, 0.717) is 50.6 Å². The van der Waals surface area contributed by atoms with Crippen molar-refractivity contribution in [1.82, 2.24) is 19.7 Å². The molecule has 0 saturated carbocycles. The van der Waals surface area contributed by atoms with Gasteiger partial charge in [0.25, 0.3) is 5.91 Å². The maximum Gasteiger partial charge on any atom is 0.258 e. The number of pyridine rings is 1. The van der Waals surface area contributed by atoms with Gasteiger partial charge in [0.05, 0.1) is 11.1 Å². The van der Waals surface area contributed by atoms with E-state index in [1.54, 1.807) is 19.1 Å². The molecule has 4 aromatic rings. The molecular weight excluding hydrogens is 437 g/mol. The van der Waals surface area contributed by atoms with Crippen LogP contribution in [0.2, 0.25) is 5.02 Å². The number of amides is 1. The molecule has 0 atom stereocenters. The van der Waals surface area contributed by atoms with Crippen molar-refractivity contribution in [3.05, 3.63) is 76.2 Å². The van der Waals surface area contributed by atoms with Gasteiger partial charge in [-0.05, 0) is 49.7 Å². The van der Waals surface area contributed by atoms with Crippen molar-refractivity contribution in [2.45, 2.75) is 31.3 Å². The van der Waals surface area contributed by atoms with Gasteiger partial charge in [-0.3, -0.25) is 19.7 Å². The topological polar surface area (TPSA) is 72.7 Å². The molecule has 0 aliphatic rings. The number of benzene rings is 2. The van der Waals surface area contributed by atoms with E-state index < -0.39 is 11.7 Å². The number of anilines is 1. The zero-order valence-corrected chi connectivity index (χ0v) is 18.5. The van der Waals surface area contributed by atoms with E-state index in [9.17, 15) is 9.18 Å². The molecule has 9 heteroatoms. The van der Waals surface area contributed by atoms with Crippen molar-refractivity contribution in [2.24, 2.45) is 0 Å². The van der Waals surface area contributed by atoms with Gasteiger partial charge < -0.3 is 0 Å². The fourth-order valence-corrected chi connectivity index (χ4v) is 4.51. The van der Waals surface area contributed by atoms with Crippen molar-refractivity contribution in [3.63, 3.8) is 0 Å². The lowest BCUT2D eigenvalue weighted by Gasteiger charge is -2.11. The summed E-state index contributed by atoms with van der Waals surface area (Å²) in [6.07, 6.45) is 0. The average molecular weight is 456 g/mol. The molecule has 6 nitrogen and oxygen atoms in total. The summed E-state index contributed by atoms with van der Waals surface area (Å²) in [6.45, 7) is 4.30. The molecule has 2 heterocycles. The first-order chi connectivity index (χ1) is 15.0. The fourth-order valence-electron chi connectivity index (χ4n) is 3.22. The number of hydrogen-bond donors (Lipinski definition) is 1. The molecule has 0 spiro atoms. The third kappa shape index (κ3) is 4.55. The highest BCUT2D eigenvalue weighted by Gasteiger charge is 2.18. The van der Waals surface area contributed by atoms with Gasteiger partial charge in [0.1, 0.15) is 5.82 Å². The molecule has 158 valence electrons. The predicted molar refractivity (Wildman–Crippen MR) is 121 cm³/mol. The largest absolute Gasteiger partial charge is 0.290 e. The van der Waals surface area contributed by atoms with Gasteiger partial charge in [0, 0.05) is 28.4 Å². The van der Waals surface area contributed by atoms with Crippen molar-refractivity contribution in [1.29, 1.82) is 0 Å². The standard InChI is InChI=1S/C22H19ClFN5OS/c1-3-29-21(27-28-22(29)31-12-14-6-4-5-7-18(14)23)26-20(30)17-10-13(2)25-19-9-8-15(24)11-16(17)19/h4-11H,3,12H2,1-2H3,(H,26,27,30). The van der Waals surface area contributed by atoms with Crippen LogP contribution in [-0.2, 0) is 12.3 Å². The highest BCUT2D eigenvalue weighted by atomic mass is 35.5. The number of halogens is 2. The Labute approximate surface area is 187 Å². The van der Waals surface area contributed by atoms with Gasteiger partial charge in [-0.1, -0.05) is 41.6 Å². The molecule has 0 aliphatic heterocycles. The first-order valence-electron chi connectivity index (χ1n) is 9.64. The minimum absolute atomic E-state index is 0.327. The molecule has 31 heavy (non-hydrogen) atoms. The van der Waals surface area contributed by atoms with Gasteiger partial charge in [0.2, 0.25) is 5.95 Å². The minimum Gasteiger partial charge on any atom is -0.290 e. The van der Waals surface area contributed by atoms with Crippen LogP contribution < -0.4 is 5.32 Å². The number of aryl methyl sites for hydroxylation is 1. The van der Waals surface area contributed by atoms with Crippen molar-refractivity contribution in [2.75, 3.05) is 5.32 Å². The number of carbonyl (C=O) groups excluding carboxylic acids is 1. The number of nitrogens with zero attached hydrogens (tertiary/aromatic N) is 4. The van der Waals surface area contributed by atoms with E-state index in [0.717, 1.165) is 5.56 Å². The summed E-state index contributed by atoms with van der Waals surface area (Å²) in [5, 5.41) is 13.0. The van der Waals surface area contributed by atoms with E-state index in [1.807, 2.05) is 35.8 Å². The SMILES string of the molecule is CCn1c(NC(=O)c2cc(C)nc3ccc(F)cc23)nnc1SCc1ccccc1Cl. The number of thioether (sulfide) groups is 1. The van der Waals surface area contributed by atoms with Crippen LogP contribution in [0, 0.1) is 12.7 Å². The zero-order valence-electron chi connectivity index (χ0n) is 16.9. The van der Waals surface area contributed by atoms with Crippen LogP contribution in [0.1, 0.15) is 28.5 Å². The van der Waals surface area contributed by atoms with Crippen LogP contribution in [-0.4, -0.2) is 25.7 Å². The molecule has 0 aliphatic carbocycles. The molecule has 1 N–H and O–H groups in total. The number of fused-ring (bicyclic) bond motifs is 1. The Morgan fingerprint density at radius 3 is 2.77 bits per heavy atom. The summed E-state index contributed by atoms with van der Waals surface area (Å²) < 4.78 is 15.6. The Morgan fingerprint density at radius 2 is 2.00 bits per heavy atom. The predicted octanol–water partition coefficient (Wildman–Crippen LogP) is 5.49. The van der Waals surface area contributed by atoms with Crippen LogP contribution in [0.25, 0.3) is 10.9 Å². The maximum absolute atomic E-state index is 13.8. The number of rotatable bonds is 6. The molecule has 2 aromatic heterocycles. The second kappa shape index (κ2) is 9.03. The van der Waals surface area contributed by atoms with Gasteiger partial charge in [-0.25, -0.2) is 4.39 Å². The van der Waals surface area contributed by atoms with Gasteiger partial charge in [-0.15, -0.1) is 10.2 Å². The van der Waals surface area contributed by atoms with Gasteiger partial charge in [-0.2, -0.15) is 0 Å². The van der Waals surface area contributed by atoms with Crippen LogP contribution >= 0.6 is 23.4 Å². The smallest absolute Gasteiger partial charge is 0.258 e. The van der Waals surface area contributed by atoms with E-state index in [4.69, 9.17) is 11.6 Å². The van der Waals surface area contributed by atoms with Gasteiger partial charge >= 0.3 is 0 Å². The lowest BCUT2D eigenvalue weighted by Crippen LogP contribution is -2.17. The van der Waals surface area contributed by atoms with Crippen molar-refractivity contribution >= 4 is 46.1 Å². The van der Waals surface area contributed by atoms with Crippen LogP contribution in [0.3, 0.4) is 0 Å². The molecule has 0 unspecified atom stereocenters. The number of aromatic nitrogens is 4. The molecule has 4 rings (SSSR count). The third-order valence-electron chi connectivity index (χ3n) is 4.72. The van der Waals surface area contributed by atoms with E-state index >= 15 is 0 Å². The van der Waals surface area contributed by atoms with E-state index in [2.05, 4.69) is 20.5 Å².